The number of hydrogen-bond donors (Lipinski definition) is 0. The third-order valence-electron chi connectivity index (χ3n) is 1.59. The van der Waals surface area contributed by atoms with Crippen molar-refractivity contribution in [2.45, 2.75) is 19.8 Å². The summed E-state index contributed by atoms with van der Waals surface area (Å²) in [4.78, 5) is 11.3. The standard InChI is InChI=1S/C10H12O2/c1-3-4-5-9(11)10-7-6-8(2)12-10/h3,6-7H,1,4-5H2,2H3. The van der Waals surface area contributed by atoms with Gasteiger partial charge >= 0.3 is 0 Å². The number of allylic oxidation sites excluding steroid dienone is 1. The Morgan fingerprint density at radius 2 is 2.42 bits per heavy atom. The van der Waals surface area contributed by atoms with Gasteiger partial charge in [0.2, 0.25) is 0 Å². The van der Waals surface area contributed by atoms with Crippen molar-refractivity contribution in [1.82, 2.24) is 0 Å². The molecule has 0 aromatic carbocycles. The van der Waals surface area contributed by atoms with Crippen LogP contribution in [0.4, 0.5) is 0 Å². The Hall–Kier alpha value is -1.31. The highest BCUT2D eigenvalue weighted by Crippen LogP contribution is 2.09. The Balaban J connectivity index is 2.59. The van der Waals surface area contributed by atoms with Crippen molar-refractivity contribution >= 4 is 5.78 Å². The first-order chi connectivity index (χ1) is 5.74. The van der Waals surface area contributed by atoms with Gasteiger partial charge in [0.25, 0.3) is 0 Å². The van der Waals surface area contributed by atoms with E-state index in [0.29, 0.717) is 18.6 Å². The number of ketones is 1. The van der Waals surface area contributed by atoms with E-state index in [1.807, 2.05) is 6.92 Å². The molecule has 0 amide bonds. The summed E-state index contributed by atoms with van der Waals surface area (Å²) in [5.74, 6) is 1.27. The monoisotopic (exact) mass is 164 g/mol. The van der Waals surface area contributed by atoms with E-state index >= 15 is 0 Å². The number of hydrogen-bond acceptors (Lipinski definition) is 2. The van der Waals surface area contributed by atoms with Crippen molar-refractivity contribution in [2.24, 2.45) is 0 Å². The quantitative estimate of drug-likeness (QED) is 0.506. The molecule has 1 aromatic heterocycles. The van der Waals surface area contributed by atoms with Crippen molar-refractivity contribution in [2.75, 3.05) is 0 Å². The topological polar surface area (TPSA) is 30.2 Å². The van der Waals surface area contributed by atoms with Gasteiger partial charge in [-0.15, -0.1) is 6.58 Å². The van der Waals surface area contributed by atoms with Gasteiger partial charge in [0.1, 0.15) is 5.76 Å². The molecule has 12 heavy (non-hydrogen) atoms. The molecule has 0 aliphatic carbocycles. The molecule has 64 valence electrons. The normalized spacial score (nSPS) is 9.75. The van der Waals surface area contributed by atoms with Gasteiger partial charge in [-0.3, -0.25) is 4.79 Å². The fourth-order valence-electron chi connectivity index (χ4n) is 0.941. The summed E-state index contributed by atoms with van der Waals surface area (Å²) in [6, 6.07) is 3.50. The van der Waals surface area contributed by atoms with Crippen LogP contribution in [0.2, 0.25) is 0 Å². The van der Waals surface area contributed by atoms with Gasteiger partial charge in [0.15, 0.2) is 11.5 Å². The van der Waals surface area contributed by atoms with Gasteiger partial charge in [-0.1, -0.05) is 6.08 Å². The number of carbonyl (C=O) groups excluding carboxylic acids is 1. The van der Waals surface area contributed by atoms with E-state index in [0.717, 1.165) is 5.76 Å². The van der Waals surface area contributed by atoms with Crippen LogP contribution in [0.25, 0.3) is 0 Å². The van der Waals surface area contributed by atoms with Gasteiger partial charge in [-0.05, 0) is 25.5 Å². The lowest BCUT2D eigenvalue weighted by atomic mass is 10.2. The molecule has 2 nitrogen and oxygen atoms in total. The minimum absolute atomic E-state index is 0.0444. The maximum absolute atomic E-state index is 11.3. The van der Waals surface area contributed by atoms with E-state index < -0.39 is 0 Å². The predicted octanol–water partition coefficient (Wildman–Crippen LogP) is 2.74. The zero-order chi connectivity index (χ0) is 8.97. The third kappa shape index (κ3) is 2.09. The molecular weight excluding hydrogens is 152 g/mol. The third-order valence-corrected chi connectivity index (χ3v) is 1.59. The Morgan fingerprint density at radius 3 is 2.92 bits per heavy atom. The molecule has 0 aliphatic heterocycles. The lowest BCUT2D eigenvalue weighted by molar-refractivity contribution is 0.0955. The molecule has 0 fully saturated rings. The second-order valence-corrected chi connectivity index (χ2v) is 2.66. The molecule has 0 saturated heterocycles. The molecule has 0 atom stereocenters. The Kier molecular flexibility index (Phi) is 2.86. The predicted molar refractivity (Wildman–Crippen MR) is 47.2 cm³/mol. The van der Waals surface area contributed by atoms with Crippen LogP contribution in [0, 0.1) is 6.92 Å². The van der Waals surface area contributed by atoms with Crippen molar-refractivity contribution < 1.29 is 9.21 Å². The zero-order valence-corrected chi connectivity index (χ0v) is 7.17. The molecule has 0 N–H and O–H groups in total. The van der Waals surface area contributed by atoms with Crippen molar-refractivity contribution in [3.05, 3.63) is 36.3 Å². The van der Waals surface area contributed by atoms with Crippen molar-refractivity contribution in [3.63, 3.8) is 0 Å². The second-order valence-electron chi connectivity index (χ2n) is 2.66. The fourth-order valence-corrected chi connectivity index (χ4v) is 0.941. The first kappa shape index (κ1) is 8.78. The number of aryl methyl sites for hydroxylation is 1. The van der Waals surface area contributed by atoms with Crippen LogP contribution in [0.1, 0.15) is 29.2 Å². The fraction of sp³-hybridized carbons (Fsp3) is 0.300. The van der Waals surface area contributed by atoms with Crippen LogP contribution in [0.15, 0.2) is 29.2 Å². The van der Waals surface area contributed by atoms with Gasteiger partial charge < -0.3 is 4.42 Å². The van der Waals surface area contributed by atoms with E-state index in [1.54, 1.807) is 18.2 Å². The van der Waals surface area contributed by atoms with Crippen molar-refractivity contribution in [1.29, 1.82) is 0 Å². The first-order valence-corrected chi connectivity index (χ1v) is 3.94. The molecule has 0 bridgehead atoms. The highest BCUT2D eigenvalue weighted by atomic mass is 16.3. The molecule has 1 heterocycles. The Labute approximate surface area is 71.9 Å². The van der Waals surface area contributed by atoms with Gasteiger partial charge in [-0.25, -0.2) is 0 Å². The van der Waals surface area contributed by atoms with E-state index in [4.69, 9.17) is 4.42 Å². The maximum atomic E-state index is 11.3. The molecule has 0 aliphatic rings. The smallest absolute Gasteiger partial charge is 0.198 e. The SMILES string of the molecule is C=CCCC(=O)c1ccc(C)o1. The number of carbonyl (C=O) groups is 1. The average molecular weight is 164 g/mol. The molecule has 0 unspecified atom stereocenters. The van der Waals surface area contributed by atoms with Crippen LogP contribution in [0.5, 0.6) is 0 Å². The van der Waals surface area contributed by atoms with Crippen LogP contribution in [-0.2, 0) is 0 Å². The van der Waals surface area contributed by atoms with Gasteiger partial charge in [-0.2, -0.15) is 0 Å². The summed E-state index contributed by atoms with van der Waals surface area (Å²) in [7, 11) is 0. The summed E-state index contributed by atoms with van der Waals surface area (Å²) in [6.07, 6.45) is 2.92. The van der Waals surface area contributed by atoms with Crippen LogP contribution in [0.3, 0.4) is 0 Å². The lowest BCUT2D eigenvalue weighted by Gasteiger charge is -1.92. The van der Waals surface area contributed by atoms with Crippen LogP contribution < -0.4 is 0 Å². The van der Waals surface area contributed by atoms with E-state index in [-0.39, 0.29) is 5.78 Å². The van der Waals surface area contributed by atoms with Gasteiger partial charge in [0.05, 0.1) is 0 Å². The largest absolute Gasteiger partial charge is 0.458 e. The highest BCUT2D eigenvalue weighted by Gasteiger charge is 2.07. The number of Topliss-reactive ketones (excluding diaryl/α,β-unsaturated/α-hetero) is 1. The van der Waals surface area contributed by atoms with E-state index in [9.17, 15) is 4.79 Å². The maximum Gasteiger partial charge on any atom is 0.198 e. The first-order valence-electron chi connectivity index (χ1n) is 3.94. The van der Waals surface area contributed by atoms with Gasteiger partial charge in [0, 0.05) is 6.42 Å². The molecule has 0 spiro atoms. The molecule has 0 saturated carbocycles. The van der Waals surface area contributed by atoms with E-state index in [1.165, 1.54) is 0 Å². The summed E-state index contributed by atoms with van der Waals surface area (Å²) in [5.41, 5.74) is 0. The van der Waals surface area contributed by atoms with E-state index in [2.05, 4.69) is 6.58 Å². The summed E-state index contributed by atoms with van der Waals surface area (Å²) in [6.45, 7) is 5.37. The number of rotatable bonds is 4. The minimum atomic E-state index is 0.0444. The lowest BCUT2D eigenvalue weighted by Crippen LogP contribution is -1.95. The Morgan fingerprint density at radius 1 is 1.67 bits per heavy atom. The van der Waals surface area contributed by atoms with Crippen LogP contribution in [-0.4, -0.2) is 5.78 Å². The molecule has 2 heteroatoms. The summed E-state index contributed by atoms with van der Waals surface area (Å²) >= 11 is 0. The highest BCUT2D eigenvalue weighted by molar-refractivity contribution is 5.93. The zero-order valence-electron chi connectivity index (χ0n) is 7.17. The van der Waals surface area contributed by atoms with Crippen molar-refractivity contribution in [3.8, 4) is 0 Å². The molecule has 0 radical (unpaired) electrons. The molecule has 1 rings (SSSR count). The average Bonchev–Trinajstić information content (AvgIpc) is 2.47. The summed E-state index contributed by atoms with van der Waals surface area (Å²) < 4.78 is 5.16. The molecular formula is C10H12O2. The minimum Gasteiger partial charge on any atom is -0.458 e. The summed E-state index contributed by atoms with van der Waals surface area (Å²) in [5, 5.41) is 0. The van der Waals surface area contributed by atoms with Crippen LogP contribution >= 0.6 is 0 Å². The second kappa shape index (κ2) is 3.90. The molecule has 1 aromatic rings. The Bertz CT molecular complexity index is 284. The number of furan rings is 1.